The Bertz CT molecular complexity index is 428. The molecule has 106 valence electrons. The van der Waals surface area contributed by atoms with E-state index in [1.54, 1.807) is 6.07 Å². The molecule has 5 heteroatoms. The molecule has 3 nitrogen and oxygen atoms in total. The summed E-state index contributed by atoms with van der Waals surface area (Å²) in [6.07, 6.45) is 1.04. The SMILES string of the molecule is CCC1COCCN1C(CN)c1ccc(Cl)cc1Cl. The van der Waals surface area contributed by atoms with E-state index in [4.69, 9.17) is 33.7 Å². The summed E-state index contributed by atoms with van der Waals surface area (Å²) in [5.41, 5.74) is 7.04. The molecule has 1 heterocycles. The lowest BCUT2D eigenvalue weighted by atomic mass is 10.0. The smallest absolute Gasteiger partial charge is 0.0622 e. The molecule has 0 bridgehead atoms. The van der Waals surface area contributed by atoms with Crippen LogP contribution in [0.4, 0.5) is 0 Å². The van der Waals surface area contributed by atoms with Gasteiger partial charge in [-0.3, -0.25) is 4.90 Å². The van der Waals surface area contributed by atoms with Crippen molar-refractivity contribution in [1.82, 2.24) is 4.90 Å². The van der Waals surface area contributed by atoms with Gasteiger partial charge in [0.05, 0.1) is 13.2 Å². The van der Waals surface area contributed by atoms with Gasteiger partial charge >= 0.3 is 0 Å². The van der Waals surface area contributed by atoms with Crippen LogP contribution < -0.4 is 5.73 Å². The van der Waals surface area contributed by atoms with E-state index in [1.165, 1.54) is 0 Å². The van der Waals surface area contributed by atoms with Gasteiger partial charge in [-0.15, -0.1) is 0 Å². The Hall–Kier alpha value is -0.320. The lowest BCUT2D eigenvalue weighted by Crippen LogP contribution is -2.48. The van der Waals surface area contributed by atoms with Crippen molar-refractivity contribution in [3.63, 3.8) is 0 Å². The fourth-order valence-electron chi connectivity index (χ4n) is 2.64. The third kappa shape index (κ3) is 3.41. The standard InChI is InChI=1S/C14H20Cl2N2O/c1-2-11-9-19-6-5-18(11)14(8-17)12-4-3-10(15)7-13(12)16/h3-4,7,11,14H,2,5-6,8-9,17H2,1H3. The molecule has 19 heavy (non-hydrogen) atoms. The van der Waals surface area contributed by atoms with Crippen molar-refractivity contribution < 1.29 is 4.74 Å². The van der Waals surface area contributed by atoms with Gasteiger partial charge in [-0.1, -0.05) is 36.2 Å². The van der Waals surface area contributed by atoms with Crippen LogP contribution in [-0.2, 0) is 4.74 Å². The van der Waals surface area contributed by atoms with Gasteiger partial charge in [0.2, 0.25) is 0 Å². The first kappa shape index (κ1) is 15.1. The summed E-state index contributed by atoms with van der Waals surface area (Å²) < 4.78 is 5.55. The zero-order valence-corrected chi connectivity index (χ0v) is 12.6. The first-order chi connectivity index (χ1) is 9.17. The van der Waals surface area contributed by atoms with Crippen LogP contribution in [0.25, 0.3) is 0 Å². The number of rotatable bonds is 4. The summed E-state index contributed by atoms with van der Waals surface area (Å²) in [5, 5.41) is 1.34. The fourth-order valence-corrected chi connectivity index (χ4v) is 3.18. The monoisotopic (exact) mass is 302 g/mol. The van der Waals surface area contributed by atoms with E-state index in [1.807, 2.05) is 12.1 Å². The van der Waals surface area contributed by atoms with E-state index in [0.29, 0.717) is 22.6 Å². The quantitative estimate of drug-likeness (QED) is 0.929. The van der Waals surface area contributed by atoms with Gasteiger partial charge in [0.15, 0.2) is 0 Å². The lowest BCUT2D eigenvalue weighted by molar-refractivity contribution is -0.0290. The van der Waals surface area contributed by atoms with Crippen molar-refractivity contribution in [1.29, 1.82) is 0 Å². The topological polar surface area (TPSA) is 38.5 Å². The lowest BCUT2D eigenvalue weighted by Gasteiger charge is -2.40. The number of morpholine rings is 1. The van der Waals surface area contributed by atoms with Crippen molar-refractivity contribution in [3.8, 4) is 0 Å². The van der Waals surface area contributed by atoms with E-state index >= 15 is 0 Å². The second-order valence-corrected chi connectivity index (χ2v) is 5.64. The third-order valence-electron chi connectivity index (χ3n) is 3.69. The van der Waals surface area contributed by atoms with Gasteiger partial charge in [0, 0.05) is 35.2 Å². The number of nitrogens with two attached hydrogens (primary N) is 1. The van der Waals surface area contributed by atoms with Crippen LogP contribution in [-0.4, -0.2) is 37.2 Å². The van der Waals surface area contributed by atoms with E-state index in [9.17, 15) is 0 Å². The molecule has 1 saturated heterocycles. The van der Waals surface area contributed by atoms with Crippen LogP contribution in [0.5, 0.6) is 0 Å². The second-order valence-electron chi connectivity index (χ2n) is 4.79. The first-order valence-electron chi connectivity index (χ1n) is 6.65. The highest BCUT2D eigenvalue weighted by atomic mass is 35.5. The highest BCUT2D eigenvalue weighted by molar-refractivity contribution is 6.35. The molecule has 0 radical (unpaired) electrons. The minimum atomic E-state index is 0.124. The third-order valence-corrected chi connectivity index (χ3v) is 4.25. The Kier molecular flexibility index (Phi) is 5.48. The van der Waals surface area contributed by atoms with Gasteiger partial charge < -0.3 is 10.5 Å². The average Bonchev–Trinajstić information content (AvgIpc) is 2.42. The maximum Gasteiger partial charge on any atom is 0.0622 e. The molecule has 2 unspecified atom stereocenters. The van der Waals surface area contributed by atoms with E-state index in [-0.39, 0.29) is 6.04 Å². The number of ether oxygens (including phenoxy) is 1. The Morgan fingerprint density at radius 1 is 1.47 bits per heavy atom. The predicted molar refractivity (Wildman–Crippen MR) is 79.9 cm³/mol. The second kappa shape index (κ2) is 6.91. The van der Waals surface area contributed by atoms with Gasteiger partial charge in [-0.2, -0.15) is 0 Å². The van der Waals surface area contributed by atoms with E-state index < -0.39 is 0 Å². The Balaban J connectivity index is 2.27. The molecular weight excluding hydrogens is 283 g/mol. The van der Waals surface area contributed by atoms with Crippen molar-refractivity contribution in [2.24, 2.45) is 5.73 Å². The van der Waals surface area contributed by atoms with Crippen LogP contribution in [0.15, 0.2) is 18.2 Å². The Morgan fingerprint density at radius 3 is 2.89 bits per heavy atom. The van der Waals surface area contributed by atoms with Crippen molar-refractivity contribution in [3.05, 3.63) is 33.8 Å². The molecule has 1 aliphatic rings. The molecule has 0 spiro atoms. The Labute approximate surface area is 124 Å². The molecule has 2 rings (SSSR count). The van der Waals surface area contributed by atoms with Crippen LogP contribution in [0.3, 0.4) is 0 Å². The summed E-state index contributed by atoms with van der Waals surface area (Å²) in [7, 11) is 0. The molecule has 0 amide bonds. The largest absolute Gasteiger partial charge is 0.378 e. The van der Waals surface area contributed by atoms with Gasteiger partial charge in [-0.25, -0.2) is 0 Å². The normalized spacial score (nSPS) is 22.4. The fraction of sp³-hybridized carbons (Fsp3) is 0.571. The van der Waals surface area contributed by atoms with Crippen molar-refractivity contribution in [2.75, 3.05) is 26.3 Å². The molecule has 2 N–H and O–H groups in total. The van der Waals surface area contributed by atoms with Crippen molar-refractivity contribution in [2.45, 2.75) is 25.4 Å². The first-order valence-corrected chi connectivity index (χ1v) is 7.41. The summed E-state index contributed by atoms with van der Waals surface area (Å²) >= 11 is 12.3. The van der Waals surface area contributed by atoms with Crippen LogP contribution in [0.2, 0.25) is 10.0 Å². The minimum Gasteiger partial charge on any atom is -0.378 e. The number of hydrogen-bond donors (Lipinski definition) is 1. The molecular formula is C14H20Cl2N2O. The summed E-state index contributed by atoms with van der Waals surface area (Å²) in [5.74, 6) is 0. The number of halogens is 2. The minimum absolute atomic E-state index is 0.124. The zero-order valence-electron chi connectivity index (χ0n) is 11.1. The summed E-state index contributed by atoms with van der Waals surface area (Å²) in [6.45, 7) is 5.11. The highest BCUT2D eigenvalue weighted by Crippen LogP contribution is 2.31. The average molecular weight is 303 g/mol. The molecule has 0 aliphatic carbocycles. The molecule has 1 aromatic rings. The number of nitrogens with zero attached hydrogens (tertiary/aromatic N) is 1. The molecule has 1 fully saturated rings. The maximum absolute atomic E-state index is 6.32. The zero-order chi connectivity index (χ0) is 13.8. The number of benzene rings is 1. The van der Waals surface area contributed by atoms with Crippen LogP contribution in [0, 0.1) is 0 Å². The molecule has 2 atom stereocenters. The highest BCUT2D eigenvalue weighted by Gasteiger charge is 2.29. The van der Waals surface area contributed by atoms with Crippen LogP contribution in [0.1, 0.15) is 24.9 Å². The van der Waals surface area contributed by atoms with Gasteiger partial charge in [-0.05, 0) is 24.1 Å². The summed E-state index contributed by atoms with van der Waals surface area (Å²) in [4.78, 5) is 2.40. The number of hydrogen-bond acceptors (Lipinski definition) is 3. The van der Waals surface area contributed by atoms with Gasteiger partial charge in [0.1, 0.15) is 0 Å². The van der Waals surface area contributed by atoms with E-state index in [0.717, 1.165) is 31.7 Å². The molecule has 1 aliphatic heterocycles. The van der Waals surface area contributed by atoms with E-state index in [2.05, 4.69) is 11.8 Å². The van der Waals surface area contributed by atoms with Crippen LogP contribution >= 0.6 is 23.2 Å². The summed E-state index contributed by atoms with van der Waals surface area (Å²) in [6, 6.07) is 6.15. The molecule has 1 aromatic carbocycles. The molecule has 0 saturated carbocycles. The predicted octanol–water partition coefficient (Wildman–Crippen LogP) is 3.10. The molecule has 0 aromatic heterocycles. The maximum atomic E-state index is 6.32. The van der Waals surface area contributed by atoms with Crippen molar-refractivity contribution >= 4 is 23.2 Å². The van der Waals surface area contributed by atoms with Gasteiger partial charge in [0.25, 0.3) is 0 Å². The Morgan fingerprint density at radius 2 is 2.26 bits per heavy atom.